The van der Waals surface area contributed by atoms with Gasteiger partial charge in [0, 0.05) is 11.8 Å². The number of nitrogens with zero attached hydrogens (tertiary/aromatic N) is 3. The molecule has 0 saturated carbocycles. The molecule has 4 aliphatic rings. The van der Waals surface area contributed by atoms with Gasteiger partial charge < -0.3 is 4.74 Å². The Kier molecular flexibility index (Phi) is 6.11. The lowest BCUT2D eigenvalue weighted by atomic mass is 9.53. The molecule has 3 aromatic carbocycles. The van der Waals surface area contributed by atoms with Crippen LogP contribution in [0.15, 0.2) is 77.9 Å². The quantitative estimate of drug-likeness (QED) is 0.292. The fourth-order valence-corrected chi connectivity index (χ4v) is 6.07. The van der Waals surface area contributed by atoms with E-state index in [1.54, 1.807) is 13.0 Å². The van der Waals surface area contributed by atoms with Crippen LogP contribution in [0.25, 0.3) is 0 Å². The van der Waals surface area contributed by atoms with Crippen LogP contribution in [0.1, 0.15) is 51.4 Å². The first-order chi connectivity index (χ1) is 19.4. The van der Waals surface area contributed by atoms with Crippen molar-refractivity contribution in [3.63, 3.8) is 0 Å². The predicted octanol–water partition coefficient (Wildman–Crippen LogP) is 3.08. The topological polar surface area (TPSA) is 141 Å². The van der Waals surface area contributed by atoms with Crippen molar-refractivity contribution >= 4 is 35.1 Å². The number of hydrazine groups is 1. The Labute approximate surface area is 229 Å². The van der Waals surface area contributed by atoms with Crippen LogP contribution in [0, 0.1) is 23.2 Å². The number of rotatable bonds is 5. The molecule has 198 valence electrons. The molecule has 3 aliphatic carbocycles. The second-order valence-corrected chi connectivity index (χ2v) is 9.70. The van der Waals surface area contributed by atoms with Crippen molar-refractivity contribution < 1.29 is 23.9 Å². The summed E-state index contributed by atoms with van der Waals surface area (Å²) >= 11 is 0. The van der Waals surface area contributed by atoms with E-state index in [1.165, 1.54) is 24.3 Å². The molecule has 3 aromatic rings. The fraction of sp³-hybridized carbons (Fsp3) is 0.200. The second kappa shape index (κ2) is 9.78. The molecule has 10 nitrogen and oxygen atoms in total. The zero-order chi connectivity index (χ0) is 28.0. The normalized spacial score (nSPS) is 22.3. The number of hydrogen-bond acceptors (Lipinski definition) is 8. The second-order valence-electron chi connectivity index (χ2n) is 9.70. The molecule has 1 heterocycles. The van der Waals surface area contributed by atoms with Crippen molar-refractivity contribution in [1.82, 2.24) is 10.4 Å². The smallest absolute Gasteiger partial charge is 0.338 e. The molecule has 40 heavy (non-hydrogen) atoms. The third-order valence-electron chi connectivity index (χ3n) is 7.67. The van der Waals surface area contributed by atoms with Crippen LogP contribution in [0.5, 0.6) is 0 Å². The highest BCUT2D eigenvalue weighted by Crippen LogP contribution is 2.59. The fourth-order valence-electron chi connectivity index (χ4n) is 6.07. The van der Waals surface area contributed by atoms with Gasteiger partial charge in [-0.05, 0) is 53.4 Å². The van der Waals surface area contributed by atoms with Gasteiger partial charge in [-0.25, -0.2) is 4.79 Å². The average molecular weight is 534 g/mol. The van der Waals surface area contributed by atoms with E-state index >= 15 is 0 Å². The largest absolute Gasteiger partial charge is 0.462 e. The van der Waals surface area contributed by atoms with Crippen LogP contribution in [0.2, 0.25) is 0 Å². The summed E-state index contributed by atoms with van der Waals surface area (Å²) in [5.74, 6) is -4.81. The molecule has 1 saturated heterocycles. The Morgan fingerprint density at radius 3 is 2.00 bits per heavy atom. The molecule has 0 aromatic heterocycles. The number of imide groups is 1. The lowest BCUT2D eigenvalue weighted by molar-refractivity contribution is -0.164. The third-order valence-corrected chi connectivity index (χ3v) is 7.67. The summed E-state index contributed by atoms with van der Waals surface area (Å²) in [7, 11) is 0. The Bertz CT molecular complexity index is 1590. The van der Waals surface area contributed by atoms with Crippen molar-refractivity contribution in [2.45, 2.75) is 18.8 Å². The van der Waals surface area contributed by atoms with Gasteiger partial charge in [0.05, 0.1) is 29.7 Å². The number of hydrogen-bond donors (Lipinski definition) is 2. The van der Waals surface area contributed by atoms with E-state index < -0.39 is 47.2 Å². The molecular formula is C30H23N5O5. The summed E-state index contributed by atoms with van der Waals surface area (Å²) in [5, 5.41) is 14.2. The standard InChI is InChI=1S/C30H23N5O5/c1-2-40-30(39)16-11-13-17(14-12-16)32-33-22(15-31)28(37)35-29(38)26-24-20-9-5-3-7-18(20)23(25(26)27(36)34-35)19-8-4-6-10-21(19)24/h3-14,23-26,32H,2H2,1H3,(H,34,36)/b33-22-. The highest BCUT2D eigenvalue weighted by Gasteiger charge is 2.59. The van der Waals surface area contributed by atoms with Crippen LogP contribution in [0.3, 0.4) is 0 Å². The molecule has 7 rings (SSSR count). The van der Waals surface area contributed by atoms with Crippen molar-refractivity contribution in [2.24, 2.45) is 16.9 Å². The van der Waals surface area contributed by atoms with Gasteiger partial charge in [0.1, 0.15) is 6.07 Å². The first kappa shape index (κ1) is 25.0. The van der Waals surface area contributed by atoms with E-state index in [-0.39, 0.29) is 12.5 Å². The van der Waals surface area contributed by atoms with Gasteiger partial charge in [0.2, 0.25) is 11.6 Å². The van der Waals surface area contributed by atoms with Crippen LogP contribution < -0.4 is 10.9 Å². The molecule has 3 amide bonds. The number of amides is 3. The maximum absolute atomic E-state index is 13.9. The van der Waals surface area contributed by atoms with Gasteiger partial charge >= 0.3 is 11.9 Å². The zero-order valence-corrected chi connectivity index (χ0v) is 21.3. The first-order valence-electron chi connectivity index (χ1n) is 12.8. The molecule has 2 unspecified atom stereocenters. The summed E-state index contributed by atoms with van der Waals surface area (Å²) in [6, 6.07) is 23.3. The number of anilines is 1. The minimum Gasteiger partial charge on any atom is -0.462 e. The molecule has 1 fully saturated rings. The summed E-state index contributed by atoms with van der Waals surface area (Å²) in [6.07, 6.45) is 0. The van der Waals surface area contributed by atoms with Crippen molar-refractivity contribution in [3.8, 4) is 6.07 Å². The number of carbonyl (C=O) groups excluding carboxylic acids is 4. The number of nitriles is 1. The van der Waals surface area contributed by atoms with E-state index in [1.807, 2.05) is 48.5 Å². The van der Waals surface area contributed by atoms with Crippen molar-refractivity contribution in [3.05, 3.63) is 101 Å². The van der Waals surface area contributed by atoms with E-state index in [4.69, 9.17) is 4.74 Å². The minimum atomic E-state index is -1.04. The SMILES string of the molecule is CCOC(=O)c1ccc(N/N=C(/C#N)C(=O)N2NC(=O)C3C4c5ccccc5C(c5ccccc54)C3C2=O)cc1. The van der Waals surface area contributed by atoms with E-state index in [0.29, 0.717) is 16.3 Å². The van der Waals surface area contributed by atoms with E-state index in [2.05, 4.69) is 16.0 Å². The first-order valence-corrected chi connectivity index (χ1v) is 12.8. The van der Waals surface area contributed by atoms with E-state index in [0.717, 1.165) is 22.3 Å². The summed E-state index contributed by atoms with van der Waals surface area (Å²) in [6.45, 7) is 1.94. The van der Waals surface area contributed by atoms with Gasteiger partial charge in [-0.15, -0.1) is 0 Å². The molecule has 2 atom stereocenters. The zero-order valence-electron chi connectivity index (χ0n) is 21.3. The molecule has 2 bridgehead atoms. The molecule has 2 N–H and O–H groups in total. The average Bonchev–Trinajstić information content (AvgIpc) is 2.99. The van der Waals surface area contributed by atoms with Gasteiger partial charge in [0.15, 0.2) is 0 Å². The minimum absolute atomic E-state index is 0.241. The third kappa shape index (κ3) is 3.82. The van der Waals surface area contributed by atoms with Gasteiger partial charge in [0.25, 0.3) is 5.91 Å². The van der Waals surface area contributed by atoms with Crippen LogP contribution in [-0.4, -0.2) is 41.0 Å². The number of benzene rings is 3. The molecule has 0 spiro atoms. The Hall–Kier alpha value is -5.30. The van der Waals surface area contributed by atoms with Crippen LogP contribution >= 0.6 is 0 Å². The van der Waals surface area contributed by atoms with Crippen LogP contribution in [0.4, 0.5) is 5.69 Å². The van der Waals surface area contributed by atoms with Gasteiger partial charge in [-0.3, -0.25) is 25.2 Å². The molecule has 10 heteroatoms. The van der Waals surface area contributed by atoms with Gasteiger partial charge in [-0.2, -0.15) is 15.4 Å². The monoisotopic (exact) mass is 533 g/mol. The number of esters is 1. The molecule has 1 aliphatic heterocycles. The predicted molar refractivity (Wildman–Crippen MR) is 143 cm³/mol. The Morgan fingerprint density at radius 2 is 1.48 bits per heavy atom. The number of carbonyl (C=O) groups is 4. The van der Waals surface area contributed by atoms with E-state index in [9.17, 15) is 24.4 Å². The van der Waals surface area contributed by atoms with Crippen molar-refractivity contribution in [2.75, 3.05) is 12.0 Å². The highest BCUT2D eigenvalue weighted by atomic mass is 16.5. The van der Waals surface area contributed by atoms with Gasteiger partial charge in [-0.1, -0.05) is 48.5 Å². The number of hydrazone groups is 1. The summed E-state index contributed by atoms with van der Waals surface area (Å²) in [5.41, 5.74) is 9.07. The lowest BCUT2D eigenvalue weighted by Crippen LogP contribution is -2.65. The highest BCUT2D eigenvalue weighted by molar-refractivity contribution is 6.47. The van der Waals surface area contributed by atoms with Crippen molar-refractivity contribution in [1.29, 1.82) is 5.26 Å². The number of nitrogens with one attached hydrogen (secondary N) is 2. The number of ether oxygens (including phenoxy) is 1. The Morgan fingerprint density at radius 1 is 0.925 bits per heavy atom. The molecule has 0 radical (unpaired) electrons. The Balaban J connectivity index is 1.28. The lowest BCUT2D eigenvalue weighted by Gasteiger charge is -2.52. The maximum Gasteiger partial charge on any atom is 0.338 e. The van der Waals surface area contributed by atoms with Crippen LogP contribution in [-0.2, 0) is 19.1 Å². The molecular weight excluding hydrogens is 510 g/mol. The summed E-state index contributed by atoms with van der Waals surface area (Å²) in [4.78, 5) is 52.5. The summed E-state index contributed by atoms with van der Waals surface area (Å²) < 4.78 is 4.95. The maximum atomic E-state index is 13.9.